The van der Waals surface area contributed by atoms with Gasteiger partial charge in [0.25, 0.3) is 0 Å². The Bertz CT molecular complexity index is 943. The van der Waals surface area contributed by atoms with Gasteiger partial charge >= 0.3 is 12.1 Å². The highest BCUT2D eigenvalue weighted by atomic mass is 35.5. The van der Waals surface area contributed by atoms with Crippen LogP contribution >= 0.6 is 11.6 Å². The van der Waals surface area contributed by atoms with Crippen LogP contribution in [0.2, 0.25) is 5.02 Å². The highest BCUT2D eigenvalue weighted by Crippen LogP contribution is 2.33. The maximum atomic E-state index is 11.7. The van der Waals surface area contributed by atoms with Crippen molar-refractivity contribution in [2.75, 3.05) is 26.4 Å². The molecule has 1 amide bonds. The highest BCUT2D eigenvalue weighted by Gasteiger charge is 2.33. The fraction of sp³-hybridized carbons (Fsp3) is 0.391. The molecule has 8 heteroatoms. The largest absolute Gasteiger partial charge is 0.493 e. The Morgan fingerprint density at radius 2 is 1.81 bits per heavy atom. The van der Waals surface area contributed by atoms with Crippen molar-refractivity contribution < 1.29 is 28.5 Å². The molecule has 1 atom stereocenters. The molecule has 1 N–H and O–H groups in total. The van der Waals surface area contributed by atoms with Crippen molar-refractivity contribution in [3.63, 3.8) is 0 Å². The second kappa shape index (κ2) is 10.0. The van der Waals surface area contributed by atoms with Gasteiger partial charge in [-0.3, -0.25) is 0 Å². The summed E-state index contributed by atoms with van der Waals surface area (Å²) in [6.07, 6.45) is 1.95. The van der Waals surface area contributed by atoms with Gasteiger partial charge in [0.1, 0.15) is 11.5 Å². The van der Waals surface area contributed by atoms with Crippen LogP contribution in [0.1, 0.15) is 42.3 Å². The molecular weight excluding hydrogens is 422 g/mol. The lowest BCUT2D eigenvalue weighted by Crippen LogP contribution is -2.19. The molecule has 0 bridgehead atoms. The van der Waals surface area contributed by atoms with Crippen molar-refractivity contribution >= 4 is 23.7 Å². The summed E-state index contributed by atoms with van der Waals surface area (Å²) in [5, 5.41) is 3.08. The Kier molecular flexibility index (Phi) is 6.94. The third-order valence-corrected chi connectivity index (χ3v) is 5.64. The molecule has 0 radical (unpaired) electrons. The number of hydrogen-bond acceptors (Lipinski definition) is 6. The summed E-state index contributed by atoms with van der Waals surface area (Å²) in [5.74, 6) is 1.14. The summed E-state index contributed by atoms with van der Waals surface area (Å²) in [4.78, 5) is 22.9. The van der Waals surface area contributed by atoms with Crippen LogP contribution in [0.5, 0.6) is 11.5 Å². The van der Waals surface area contributed by atoms with Crippen molar-refractivity contribution in [1.82, 2.24) is 5.32 Å². The summed E-state index contributed by atoms with van der Waals surface area (Å²) >= 11 is 6.40. The number of hydrogen-bond donors (Lipinski definition) is 1. The number of cyclic esters (lactones) is 2. The maximum absolute atomic E-state index is 11.7. The van der Waals surface area contributed by atoms with Crippen molar-refractivity contribution in [3.8, 4) is 11.5 Å². The van der Waals surface area contributed by atoms with E-state index in [0.717, 1.165) is 26.1 Å². The number of nitrogens with one attached hydrogen (secondary N) is 1. The predicted octanol–water partition coefficient (Wildman–Crippen LogP) is 4.39. The minimum atomic E-state index is -0.800. The standard InChI is InChI=1S/C23H24ClNO6/c24-19-14-16(15-7-11-28-12-8-15)5-6-20(19)30-10-2-9-29-18-4-1-3-17(13-18)21-22(26)31-23(27)25-21/h1,3-6,13-15,21H,2,7-12H2,(H,25,27). The quantitative estimate of drug-likeness (QED) is 0.368. The van der Waals surface area contributed by atoms with Crippen LogP contribution in [-0.4, -0.2) is 38.5 Å². The normalized spacial score (nSPS) is 19.1. The highest BCUT2D eigenvalue weighted by molar-refractivity contribution is 6.32. The van der Waals surface area contributed by atoms with Gasteiger partial charge in [-0.15, -0.1) is 0 Å². The van der Waals surface area contributed by atoms with Gasteiger partial charge in [0, 0.05) is 19.6 Å². The average Bonchev–Trinajstić information content (AvgIpc) is 3.13. The molecule has 31 heavy (non-hydrogen) atoms. The van der Waals surface area contributed by atoms with Crippen molar-refractivity contribution in [2.45, 2.75) is 31.2 Å². The minimum Gasteiger partial charge on any atom is -0.493 e. The first-order valence-electron chi connectivity index (χ1n) is 10.3. The first kappa shape index (κ1) is 21.5. The molecule has 2 aromatic carbocycles. The van der Waals surface area contributed by atoms with Gasteiger partial charge in [-0.25, -0.2) is 9.59 Å². The zero-order valence-corrected chi connectivity index (χ0v) is 17.7. The van der Waals surface area contributed by atoms with Gasteiger partial charge in [0.05, 0.1) is 18.2 Å². The Balaban J connectivity index is 1.23. The third kappa shape index (κ3) is 5.48. The number of carbonyl (C=O) groups is 2. The smallest absolute Gasteiger partial charge is 0.415 e. The molecule has 2 fully saturated rings. The summed E-state index contributed by atoms with van der Waals surface area (Å²) < 4.78 is 21.5. The lowest BCUT2D eigenvalue weighted by atomic mass is 9.92. The lowest BCUT2D eigenvalue weighted by Gasteiger charge is -2.23. The van der Waals surface area contributed by atoms with Gasteiger partial charge in [-0.05, 0) is 54.2 Å². The molecule has 7 nitrogen and oxygen atoms in total. The van der Waals surface area contributed by atoms with Gasteiger partial charge in [0.15, 0.2) is 6.04 Å². The number of halogens is 1. The molecule has 2 aromatic rings. The van der Waals surface area contributed by atoms with E-state index in [2.05, 4.69) is 16.1 Å². The van der Waals surface area contributed by atoms with E-state index in [4.69, 9.17) is 25.8 Å². The van der Waals surface area contributed by atoms with Crippen LogP contribution < -0.4 is 14.8 Å². The van der Waals surface area contributed by atoms with Crippen molar-refractivity contribution in [2.24, 2.45) is 0 Å². The van der Waals surface area contributed by atoms with E-state index >= 15 is 0 Å². The molecule has 2 saturated heterocycles. The topological polar surface area (TPSA) is 83.1 Å². The predicted molar refractivity (Wildman–Crippen MR) is 114 cm³/mol. The van der Waals surface area contributed by atoms with Crippen molar-refractivity contribution in [3.05, 3.63) is 58.6 Å². The summed E-state index contributed by atoms with van der Waals surface area (Å²) in [6.45, 7) is 2.48. The number of rotatable bonds is 8. The first-order chi connectivity index (χ1) is 15.1. The molecule has 2 aliphatic rings. The molecule has 4 rings (SSSR count). The maximum Gasteiger partial charge on any atom is 0.415 e. The van der Waals surface area contributed by atoms with Crippen LogP contribution in [0.25, 0.3) is 0 Å². The molecule has 0 aliphatic carbocycles. The fourth-order valence-corrected chi connectivity index (χ4v) is 3.95. The zero-order valence-electron chi connectivity index (χ0n) is 17.0. The Hall–Kier alpha value is -2.77. The monoisotopic (exact) mass is 445 g/mol. The molecule has 1 unspecified atom stereocenters. The number of ether oxygens (including phenoxy) is 4. The van der Waals surface area contributed by atoms with Crippen LogP contribution in [0, 0.1) is 0 Å². The average molecular weight is 446 g/mol. The third-order valence-electron chi connectivity index (χ3n) is 5.35. The molecule has 2 heterocycles. The van der Waals surface area contributed by atoms with E-state index in [1.165, 1.54) is 5.56 Å². The SMILES string of the molecule is O=C1NC(c2cccc(OCCCOc3ccc(C4CCOCC4)cc3Cl)c2)C(=O)O1. The van der Waals surface area contributed by atoms with Crippen LogP contribution in [0.4, 0.5) is 4.79 Å². The number of benzene rings is 2. The molecule has 0 saturated carbocycles. The molecular formula is C23H24ClNO6. The minimum absolute atomic E-state index is 0.433. The van der Waals surface area contributed by atoms with E-state index < -0.39 is 18.1 Å². The zero-order chi connectivity index (χ0) is 21.6. The van der Waals surface area contributed by atoms with Crippen LogP contribution in [0.3, 0.4) is 0 Å². The van der Waals surface area contributed by atoms with E-state index in [-0.39, 0.29) is 0 Å². The van der Waals surface area contributed by atoms with E-state index in [9.17, 15) is 9.59 Å². The molecule has 2 aliphatic heterocycles. The first-order valence-corrected chi connectivity index (χ1v) is 10.7. The summed E-state index contributed by atoms with van der Waals surface area (Å²) in [6, 6.07) is 12.2. The van der Waals surface area contributed by atoms with E-state index in [0.29, 0.717) is 47.6 Å². The van der Waals surface area contributed by atoms with Crippen molar-refractivity contribution in [1.29, 1.82) is 0 Å². The van der Waals surface area contributed by atoms with Gasteiger partial charge < -0.3 is 24.3 Å². The fourth-order valence-electron chi connectivity index (χ4n) is 3.71. The molecule has 0 aromatic heterocycles. The van der Waals surface area contributed by atoms with Gasteiger partial charge in [0.2, 0.25) is 0 Å². The molecule has 164 valence electrons. The number of amides is 1. The van der Waals surface area contributed by atoms with Gasteiger partial charge in [-0.2, -0.15) is 0 Å². The Labute approximate surface area is 185 Å². The number of carbonyl (C=O) groups excluding carboxylic acids is 2. The van der Waals surface area contributed by atoms with E-state index in [1.54, 1.807) is 24.3 Å². The van der Waals surface area contributed by atoms with Gasteiger partial charge in [-0.1, -0.05) is 29.8 Å². The summed E-state index contributed by atoms with van der Waals surface area (Å²) in [5.41, 5.74) is 1.84. The number of alkyl carbamates (subject to hydrolysis) is 1. The van der Waals surface area contributed by atoms with Crippen LogP contribution in [0.15, 0.2) is 42.5 Å². The summed E-state index contributed by atoms with van der Waals surface area (Å²) in [7, 11) is 0. The second-order valence-corrected chi connectivity index (χ2v) is 7.89. The number of esters is 1. The second-order valence-electron chi connectivity index (χ2n) is 7.49. The van der Waals surface area contributed by atoms with E-state index in [1.807, 2.05) is 12.1 Å². The molecule has 0 spiro atoms. The Morgan fingerprint density at radius 3 is 2.55 bits per heavy atom. The lowest BCUT2D eigenvalue weighted by molar-refractivity contribution is -0.135. The van der Waals surface area contributed by atoms with Crippen LogP contribution in [-0.2, 0) is 14.3 Å². The Morgan fingerprint density at radius 1 is 1.00 bits per heavy atom.